The number of benzene rings is 1. The third kappa shape index (κ3) is 4.60. The maximum Gasteiger partial charge on any atom is 0.342 e. The highest BCUT2D eigenvalue weighted by molar-refractivity contribution is 5.96. The van der Waals surface area contributed by atoms with Crippen LogP contribution in [0.3, 0.4) is 0 Å². The summed E-state index contributed by atoms with van der Waals surface area (Å²) in [5.74, 6) is 0.0247. The lowest BCUT2D eigenvalue weighted by molar-refractivity contribution is -0.119. The van der Waals surface area contributed by atoms with E-state index in [0.717, 1.165) is 0 Å². The number of carbonyl (C=O) groups is 2. The number of aromatic nitrogens is 3. The minimum absolute atomic E-state index is 0.00976. The molecule has 0 aliphatic rings. The van der Waals surface area contributed by atoms with E-state index in [4.69, 9.17) is 9.47 Å². The summed E-state index contributed by atoms with van der Waals surface area (Å²) in [6.45, 7) is 3.46. The van der Waals surface area contributed by atoms with Gasteiger partial charge in [-0.15, -0.1) is 0 Å². The maximum absolute atomic E-state index is 12.6. The van der Waals surface area contributed by atoms with E-state index < -0.39 is 18.5 Å². The van der Waals surface area contributed by atoms with Gasteiger partial charge in [-0.05, 0) is 30.2 Å². The molecular formula is C21H22N4O4. The van der Waals surface area contributed by atoms with Gasteiger partial charge in [-0.2, -0.15) is 5.10 Å². The van der Waals surface area contributed by atoms with Crippen molar-refractivity contribution < 1.29 is 19.1 Å². The Morgan fingerprint density at radius 3 is 2.59 bits per heavy atom. The Bertz CT molecular complexity index is 999. The fourth-order valence-corrected chi connectivity index (χ4v) is 2.88. The van der Waals surface area contributed by atoms with Crippen molar-refractivity contribution in [3.05, 3.63) is 66.1 Å². The number of nitrogens with zero attached hydrogens (tertiary/aromatic N) is 3. The number of anilines is 1. The number of amides is 1. The minimum atomic E-state index is -0.619. The Labute approximate surface area is 168 Å². The molecule has 150 valence electrons. The van der Waals surface area contributed by atoms with Gasteiger partial charge >= 0.3 is 5.97 Å². The zero-order valence-electron chi connectivity index (χ0n) is 16.5. The predicted octanol–water partition coefficient (Wildman–Crippen LogP) is 3.19. The third-order valence-electron chi connectivity index (χ3n) is 4.15. The molecular weight excluding hydrogens is 372 g/mol. The summed E-state index contributed by atoms with van der Waals surface area (Å²) in [6.07, 6.45) is 3.09. The van der Waals surface area contributed by atoms with Gasteiger partial charge < -0.3 is 14.8 Å². The number of hydrogen-bond donors (Lipinski definition) is 1. The first-order chi connectivity index (χ1) is 14.0. The first-order valence-corrected chi connectivity index (χ1v) is 9.10. The van der Waals surface area contributed by atoms with Gasteiger partial charge in [0.15, 0.2) is 12.4 Å². The Morgan fingerprint density at radius 2 is 1.90 bits per heavy atom. The van der Waals surface area contributed by atoms with Crippen LogP contribution in [0, 0.1) is 0 Å². The van der Waals surface area contributed by atoms with Crippen LogP contribution in [0.1, 0.15) is 35.8 Å². The molecule has 0 atom stereocenters. The molecule has 0 aliphatic carbocycles. The standard InChI is InChI=1S/C21H22N4O4/c1-14(2)20-15(12-23-25(20)18-10-6-7-11-22-18)21(27)29-13-19(26)24-16-8-4-5-9-17(16)28-3/h4-12,14H,13H2,1-3H3,(H,24,26). The molecule has 1 amide bonds. The first kappa shape index (κ1) is 20.1. The zero-order valence-corrected chi connectivity index (χ0v) is 16.5. The van der Waals surface area contributed by atoms with Crippen molar-refractivity contribution >= 4 is 17.6 Å². The monoisotopic (exact) mass is 394 g/mol. The van der Waals surface area contributed by atoms with Crippen LogP contribution >= 0.6 is 0 Å². The molecule has 0 unspecified atom stereocenters. The van der Waals surface area contributed by atoms with Crippen LogP contribution in [0.2, 0.25) is 0 Å². The number of para-hydroxylation sites is 2. The lowest BCUT2D eigenvalue weighted by atomic mass is 10.1. The Morgan fingerprint density at radius 1 is 1.14 bits per heavy atom. The molecule has 0 radical (unpaired) electrons. The highest BCUT2D eigenvalue weighted by atomic mass is 16.5. The lowest BCUT2D eigenvalue weighted by Crippen LogP contribution is -2.21. The number of rotatable bonds is 7. The molecule has 29 heavy (non-hydrogen) atoms. The average molecular weight is 394 g/mol. The van der Waals surface area contributed by atoms with Crippen LogP contribution < -0.4 is 10.1 Å². The summed E-state index contributed by atoms with van der Waals surface area (Å²) in [4.78, 5) is 29.1. The maximum atomic E-state index is 12.6. The molecule has 0 spiro atoms. The summed E-state index contributed by atoms with van der Waals surface area (Å²) < 4.78 is 12.0. The van der Waals surface area contributed by atoms with Crippen LogP contribution in [0.4, 0.5) is 5.69 Å². The molecule has 0 fully saturated rings. The Balaban J connectivity index is 1.71. The van der Waals surface area contributed by atoms with Crippen LogP contribution in [0.15, 0.2) is 54.9 Å². The summed E-state index contributed by atoms with van der Waals surface area (Å²) in [5, 5.41) is 6.95. The van der Waals surface area contributed by atoms with Crippen molar-refractivity contribution in [3.8, 4) is 11.6 Å². The van der Waals surface area contributed by atoms with Crippen molar-refractivity contribution in [2.45, 2.75) is 19.8 Å². The largest absolute Gasteiger partial charge is 0.495 e. The van der Waals surface area contributed by atoms with Gasteiger partial charge in [-0.1, -0.05) is 32.0 Å². The summed E-state index contributed by atoms with van der Waals surface area (Å²) in [5.41, 5.74) is 1.47. The number of ether oxygens (including phenoxy) is 2. The number of hydrogen-bond acceptors (Lipinski definition) is 6. The number of methoxy groups -OCH3 is 1. The number of nitrogens with one attached hydrogen (secondary N) is 1. The lowest BCUT2D eigenvalue weighted by Gasteiger charge is -2.12. The van der Waals surface area contributed by atoms with E-state index in [0.29, 0.717) is 28.5 Å². The highest BCUT2D eigenvalue weighted by Gasteiger charge is 2.23. The molecule has 3 aromatic rings. The van der Waals surface area contributed by atoms with Gasteiger partial charge in [-0.25, -0.2) is 14.5 Å². The van der Waals surface area contributed by atoms with Crippen molar-refractivity contribution in [1.82, 2.24) is 14.8 Å². The van der Waals surface area contributed by atoms with E-state index in [1.807, 2.05) is 19.9 Å². The molecule has 0 bridgehead atoms. The van der Waals surface area contributed by atoms with Gasteiger partial charge in [-0.3, -0.25) is 4.79 Å². The Hall–Kier alpha value is -3.68. The molecule has 2 heterocycles. The molecule has 0 aliphatic heterocycles. The van der Waals surface area contributed by atoms with E-state index in [1.54, 1.807) is 47.3 Å². The molecule has 2 aromatic heterocycles. The molecule has 1 aromatic carbocycles. The highest BCUT2D eigenvalue weighted by Crippen LogP contribution is 2.24. The zero-order chi connectivity index (χ0) is 20.8. The Kier molecular flexibility index (Phi) is 6.23. The quantitative estimate of drug-likeness (QED) is 0.619. The molecule has 0 saturated heterocycles. The fraction of sp³-hybridized carbons (Fsp3) is 0.238. The number of esters is 1. The average Bonchev–Trinajstić information content (AvgIpc) is 3.19. The van der Waals surface area contributed by atoms with Crippen molar-refractivity contribution in [2.24, 2.45) is 0 Å². The van der Waals surface area contributed by atoms with Gasteiger partial charge in [0, 0.05) is 6.20 Å². The van der Waals surface area contributed by atoms with E-state index in [-0.39, 0.29) is 5.92 Å². The second-order valence-electron chi connectivity index (χ2n) is 6.52. The SMILES string of the molecule is COc1ccccc1NC(=O)COC(=O)c1cnn(-c2ccccn2)c1C(C)C. The summed E-state index contributed by atoms with van der Waals surface area (Å²) >= 11 is 0. The molecule has 8 nitrogen and oxygen atoms in total. The molecule has 3 rings (SSSR count). The minimum Gasteiger partial charge on any atom is -0.495 e. The van der Waals surface area contributed by atoms with Gasteiger partial charge in [0.05, 0.1) is 24.7 Å². The van der Waals surface area contributed by atoms with E-state index in [2.05, 4.69) is 15.4 Å². The van der Waals surface area contributed by atoms with E-state index in [1.165, 1.54) is 13.3 Å². The third-order valence-corrected chi connectivity index (χ3v) is 4.15. The summed E-state index contributed by atoms with van der Waals surface area (Å²) in [6, 6.07) is 12.4. The van der Waals surface area contributed by atoms with Crippen molar-refractivity contribution in [1.29, 1.82) is 0 Å². The second-order valence-corrected chi connectivity index (χ2v) is 6.52. The molecule has 0 saturated carbocycles. The number of pyridine rings is 1. The van der Waals surface area contributed by atoms with Crippen molar-refractivity contribution in [2.75, 3.05) is 19.0 Å². The van der Waals surface area contributed by atoms with Crippen LogP contribution in [0.5, 0.6) is 5.75 Å². The van der Waals surface area contributed by atoms with E-state index >= 15 is 0 Å². The van der Waals surface area contributed by atoms with Crippen LogP contribution in [-0.4, -0.2) is 40.4 Å². The van der Waals surface area contributed by atoms with Crippen LogP contribution in [-0.2, 0) is 9.53 Å². The molecule has 1 N–H and O–H groups in total. The van der Waals surface area contributed by atoms with Crippen molar-refractivity contribution in [3.63, 3.8) is 0 Å². The van der Waals surface area contributed by atoms with E-state index in [9.17, 15) is 9.59 Å². The second kappa shape index (κ2) is 9.01. The van der Waals surface area contributed by atoms with Gasteiger partial charge in [0.1, 0.15) is 11.3 Å². The van der Waals surface area contributed by atoms with Gasteiger partial charge in [0.25, 0.3) is 5.91 Å². The molecule has 8 heteroatoms. The fourth-order valence-electron chi connectivity index (χ4n) is 2.88. The number of carbonyl (C=O) groups excluding carboxylic acids is 2. The summed E-state index contributed by atoms with van der Waals surface area (Å²) in [7, 11) is 1.51. The topological polar surface area (TPSA) is 95.3 Å². The smallest absolute Gasteiger partial charge is 0.342 e. The first-order valence-electron chi connectivity index (χ1n) is 9.10. The normalized spacial score (nSPS) is 10.6. The van der Waals surface area contributed by atoms with Crippen LogP contribution in [0.25, 0.3) is 5.82 Å². The van der Waals surface area contributed by atoms with Gasteiger partial charge in [0.2, 0.25) is 0 Å². The predicted molar refractivity (Wildman–Crippen MR) is 107 cm³/mol.